The number of benzene rings is 2. The van der Waals surface area contributed by atoms with Gasteiger partial charge in [-0.1, -0.05) is 17.7 Å². The first-order chi connectivity index (χ1) is 15.9. The van der Waals surface area contributed by atoms with Gasteiger partial charge in [0.15, 0.2) is 12.3 Å². The fourth-order valence-electron chi connectivity index (χ4n) is 3.68. The molecule has 0 atom stereocenters. The molecule has 0 aliphatic carbocycles. The van der Waals surface area contributed by atoms with Crippen LogP contribution in [0.25, 0.3) is 16.7 Å². The van der Waals surface area contributed by atoms with Crippen molar-refractivity contribution in [2.75, 3.05) is 18.5 Å². The SMILES string of the molecule is CCOc1ccc(NC(=O)COc2cc(C)c3c(C)nn(-c4cccc(Cl)c4C)c3n2)cc1. The van der Waals surface area contributed by atoms with Crippen LogP contribution in [0.4, 0.5) is 5.69 Å². The number of halogens is 1. The minimum atomic E-state index is -0.283. The first-order valence-electron chi connectivity index (χ1n) is 10.7. The Bertz CT molecular complexity index is 1320. The molecule has 1 amide bonds. The number of rotatable bonds is 7. The number of amides is 1. The van der Waals surface area contributed by atoms with Gasteiger partial charge in [-0.15, -0.1) is 0 Å². The highest BCUT2D eigenvalue weighted by atomic mass is 35.5. The van der Waals surface area contributed by atoms with Crippen LogP contribution in [0.15, 0.2) is 48.5 Å². The zero-order valence-electron chi connectivity index (χ0n) is 19.0. The monoisotopic (exact) mass is 464 g/mol. The lowest BCUT2D eigenvalue weighted by molar-refractivity contribution is -0.118. The molecule has 0 spiro atoms. The van der Waals surface area contributed by atoms with Gasteiger partial charge in [0.25, 0.3) is 5.91 Å². The minimum absolute atomic E-state index is 0.172. The molecule has 2 aromatic heterocycles. The van der Waals surface area contributed by atoms with Crippen LogP contribution >= 0.6 is 11.6 Å². The van der Waals surface area contributed by atoms with E-state index in [-0.39, 0.29) is 12.5 Å². The Morgan fingerprint density at radius 1 is 1.09 bits per heavy atom. The van der Waals surface area contributed by atoms with E-state index in [1.54, 1.807) is 28.9 Å². The standard InChI is InChI=1S/C25H25ClN4O3/c1-5-32-19-11-9-18(10-12-19)27-22(31)14-33-23-13-15(2)24-17(4)29-30(25(24)28-23)21-8-6-7-20(26)16(21)3/h6-13H,5,14H2,1-4H3,(H,27,31). The van der Waals surface area contributed by atoms with Crippen LogP contribution in [0.2, 0.25) is 5.02 Å². The number of fused-ring (bicyclic) bond motifs is 1. The van der Waals surface area contributed by atoms with Gasteiger partial charge in [0.1, 0.15) is 5.75 Å². The van der Waals surface area contributed by atoms with Crippen LogP contribution in [0, 0.1) is 20.8 Å². The fourth-order valence-corrected chi connectivity index (χ4v) is 3.85. The summed E-state index contributed by atoms with van der Waals surface area (Å²) in [6.45, 7) is 8.20. The summed E-state index contributed by atoms with van der Waals surface area (Å²) in [6, 6.07) is 14.7. The van der Waals surface area contributed by atoms with E-state index in [0.717, 1.165) is 33.6 Å². The van der Waals surface area contributed by atoms with Crippen molar-refractivity contribution >= 4 is 34.2 Å². The molecule has 4 aromatic rings. The molecule has 7 nitrogen and oxygen atoms in total. The Morgan fingerprint density at radius 2 is 1.85 bits per heavy atom. The Morgan fingerprint density at radius 3 is 2.58 bits per heavy atom. The minimum Gasteiger partial charge on any atom is -0.494 e. The summed E-state index contributed by atoms with van der Waals surface area (Å²) in [5, 5.41) is 9.10. The zero-order valence-corrected chi connectivity index (χ0v) is 19.7. The van der Waals surface area contributed by atoms with E-state index < -0.39 is 0 Å². The second-order valence-electron chi connectivity index (χ2n) is 7.65. The number of aromatic nitrogens is 3. The molecule has 0 radical (unpaired) electrons. The van der Waals surface area contributed by atoms with Crippen LogP contribution in [-0.4, -0.2) is 33.9 Å². The molecule has 0 unspecified atom stereocenters. The molecule has 2 aromatic carbocycles. The van der Waals surface area contributed by atoms with E-state index in [2.05, 4.69) is 15.4 Å². The highest BCUT2D eigenvalue weighted by Crippen LogP contribution is 2.29. The summed E-state index contributed by atoms with van der Waals surface area (Å²) in [6.07, 6.45) is 0. The molecule has 0 aliphatic rings. The molecule has 33 heavy (non-hydrogen) atoms. The maximum Gasteiger partial charge on any atom is 0.262 e. The van der Waals surface area contributed by atoms with E-state index in [0.29, 0.717) is 28.8 Å². The normalized spacial score (nSPS) is 10.9. The molecule has 170 valence electrons. The number of hydrogen-bond donors (Lipinski definition) is 1. The third-order valence-corrected chi connectivity index (χ3v) is 5.66. The second-order valence-corrected chi connectivity index (χ2v) is 8.06. The van der Waals surface area contributed by atoms with Gasteiger partial charge in [-0.05, 0) is 75.2 Å². The Balaban J connectivity index is 1.55. The zero-order chi connectivity index (χ0) is 23.5. The van der Waals surface area contributed by atoms with E-state index in [1.807, 2.05) is 52.0 Å². The summed E-state index contributed by atoms with van der Waals surface area (Å²) in [7, 11) is 0. The number of carbonyl (C=O) groups excluding carboxylic acids is 1. The molecule has 4 rings (SSSR count). The van der Waals surface area contributed by atoms with Crippen LogP contribution in [0.5, 0.6) is 11.6 Å². The number of ether oxygens (including phenoxy) is 2. The number of hydrogen-bond acceptors (Lipinski definition) is 5. The molecular weight excluding hydrogens is 440 g/mol. The maximum absolute atomic E-state index is 12.4. The lowest BCUT2D eigenvalue weighted by Gasteiger charge is -2.11. The molecule has 0 saturated heterocycles. The number of aryl methyl sites for hydroxylation is 2. The van der Waals surface area contributed by atoms with Gasteiger partial charge in [0.05, 0.1) is 18.0 Å². The van der Waals surface area contributed by atoms with Crippen molar-refractivity contribution in [2.24, 2.45) is 0 Å². The van der Waals surface area contributed by atoms with Gasteiger partial charge < -0.3 is 14.8 Å². The van der Waals surface area contributed by atoms with Gasteiger partial charge in [-0.2, -0.15) is 10.1 Å². The third-order valence-electron chi connectivity index (χ3n) is 5.25. The molecule has 1 N–H and O–H groups in total. The molecule has 0 aliphatic heterocycles. The highest BCUT2D eigenvalue weighted by Gasteiger charge is 2.17. The fraction of sp³-hybridized carbons (Fsp3) is 0.240. The number of carbonyl (C=O) groups is 1. The average Bonchev–Trinajstić information content (AvgIpc) is 3.12. The number of anilines is 1. The van der Waals surface area contributed by atoms with Crippen molar-refractivity contribution < 1.29 is 14.3 Å². The Hall–Kier alpha value is -3.58. The lowest BCUT2D eigenvalue weighted by atomic mass is 10.1. The van der Waals surface area contributed by atoms with Gasteiger partial charge in [0.2, 0.25) is 5.88 Å². The second kappa shape index (κ2) is 9.50. The van der Waals surface area contributed by atoms with Gasteiger partial charge in [0, 0.05) is 22.2 Å². The first kappa shape index (κ1) is 22.6. The van der Waals surface area contributed by atoms with Gasteiger partial charge in [-0.25, -0.2) is 4.68 Å². The smallest absolute Gasteiger partial charge is 0.262 e. The Labute approximate surface area is 197 Å². The molecule has 8 heteroatoms. The topological polar surface area (TPSA) is 78.3 Å². The van der Waals surface area contributed by atoms with E-state index >= 15 is 0 Å². The highest BCUT2D eigenvalue weighted by molar-refractivity contribution is 6.31. The summed E-state index contributed by atoms with van der Waals surface area (Å²) in [4.78, 5) is 17.0. The van der Waals surface area contributed by atoms with Crippen LogP contribution in [0.1, 0.15) is 23.7 Å². The predicted molar refractivity (Wildman–Crippen MR) is 130 cm³/mol. The van der Waals surface area contributed by atoms with E-state index in [1.165, 1.54) is 0 Å². The molecule has 0 bridgehead atoms. The summed E-state index contributed by atoms with van der Waals surface area (Å²) in [5.74, 6) is 0.818. The van der Waals surface area contributed by atoms with Crippen molar-refractivity contribution in [2.45, 2.75) is 27.7 Å². The van der Waals surface area contributed by atoms with Gasteiger partial charge in [-0.3, -0.25) is 4.79 Å². The number of pyridine rings is 1. The van der Waals surface area contributed by atoms with Crippen LogP contribution < -0.4 is 14.8 Å². The number of nitrogens with one attached hydrogen (secondary N) is 1. The molecule has 0 fully saturated rings. The molecule has 2 heterocycles. The quantitative estimate of drug-likeness (QED) is 0.395. The van der Waals surface area contributed by atoms with Crippen LogP contribution in [0.3, 0.4) is 0 Å². The number of nitrogens with zero attached hydrogens (tertiary/aromatic N) is 3. The maximum atomic E-state index is 12.4. The van der Waals surface area contributed by atoms with Crippen molar-refractivity contribution in [1.29, 1.82) is 0 Å². The van der Waals surface area contributed by atoms with Gasteiger partial charge >= 0.3 is 0 Å². The van der Waals surface area contributed by atoms with Crippen molar-refractivity contribution in [3.05, 3.63) is 70.4 Å². The Kier molecular flexibility index (Phi) is 6.51. The van der Waals surface area contributed by atoms with Crippen molar-refractivity contribution in [1.82, 2.24) is 14.8 Å². The molecular formula is C25H25ClN4O3. The third kappa shape index (κ3) is 4.78. The van der Waals surface area contributed by atoms with Crippen LogP contribution in [-0.2, 0) is 4.79 Å². The largest absolute Gasteiger partial charge is 0.494 e. The predicted octanol–water partition coefficient (Wildman–Crippen LogP) is 5.42. The first-order valence-corrected chi connectivity index (χ1v) is 11.0. The van der Waals surface area contributed by atoms with Crippen molar-refractivity contribution in [3.8, 4) is 17.3 Å². The van der Waals surface area contributed by atoms with E-state index in [4.69, 9.17) is 21.1 Å². The van der Waals surface area contributed by atoms with Crippen molar-refractivity contribution in [3.63, 3.8) is 0 Å². The van der Waals surface area contributed by atoms with E-state index in [9.17, 15) is 4.79 Å². The average molecular weight is 465 g/mol. The summed E-state index contributed by atoms with van der Waals surface area (Å²) < 4.78 is 12.9. The molecule has 0 saturated carbocycles. The summed E-state index contributed by atoms with van der Waals surface area (Å²) >= 11 is 6.32. The lowest BCUT2D eigenvalue weighted by Crippen LogP contribution is -2.20. The summed E-state index contributed by atoms with van der Waals surface area (Å²) in [5.41, 5.74) is 4.89.